The minimum absolute atomic E-state index is 0.447. The number of aryl methyl sites for hydroxylation is 1. The van der Waals surface area contributed by atoms with Crippen LogP contribution in [0.2, 0.25) is 0 Å². The topological polar surface area (TPSA) is 12.0 Å². The van der Waals surface area contributed by atoms with Gasteiger partial charge in [0.1, 0.15) is 0 Å². The normalized spacial score (nSPS) is 23.0. The second-order valence-corrected chi connectivity index (χ2v) is 7.11. The summed E-state index contributed by atoms with van der Waals surface area (Å²) in [5.74, 6) is 0. The standard InChI is InChI=1S/C16H24BrN/c1-12-10-13(7-8-14(12)17)11-18-15-6-4-5-9-16(15,2)3/h7-8,10,15,18H,4-6,9,11H2,1-3H3. The Hall–Kier alpha value is -0.340. The molecule has 0 aromatic heterocycles. The molecule has 1 fully saturated rings. The van der Waals surface area contributed by atoms with Crippen LogP contribution < -0.4 is 5.32 Å². The Morgan fingerprint density at radius 1 is 1.33 bits per heavy atom. The van der Waals surface area contributed by atoms with Crippen molar-refractivity contribution in [3.63, 3.8) is 0 Å². The van der Waals surface area contributed by atoms with Crippen LogP contribution in [0.3, 0.4) is 0 Å². The number of hydrogen-bond donors (Lipinski definition) is 1. The molecule has 0 bridgehead atoms. The molecule has 1 atom stereocenters. The third kappa shape index (κ3) is 3.36. The van der Waals surface area contributed by atoms with Gasteiger partial charge in [-0.3, -0.25) is 0 Å². The van der Waals surface area contributed by atoms with Gasteiger partial charge in [-0.25, -0.2) is 0 Å². The molecule has 18 heavy (non-hydrogen) atoms. The summed E-state index contributed by atoms with van der Waals surface area (Å²) in [6.07, 6.45) is 5.44. The van der Waals surface area contributed by atoms with Crippen LogP contribution in [0.5, 0.6) is 0 Å². The molecule has 1 aromatic rings. The molecule has 1 aromatic carbocycles. The SMILES string of the molecule is Cc1cc(CNC2CCCCC2(C)C)ccc1Br. The van der Waals surface area contributed by atoms with E-state index in [1.807, 2.05) is 0 Å². The zero-order chi connectivity index (χ0) is 13.2. The lowest BCUT2D eigenvalue weighted by atomic mass is 9.73. The minimum atomic E-state index is 0.447. The van der Waals surface area contributed by atoms with Gasteiger partial charge in [0.05, 0.1) is 0 Å². The second kappa shape index (κ2) is 5.75. The van der Waals surface area contributed by atoms with Crippen LogP contribution in [0.15, 0.2) is 22.7 Å². The van der Waals surface area contributed by atoms with Gasteiger partial charge in [0.2, 0.25) is 0 Å². The molecule has 0 aliphatic heterocycles. The molecule has 0 heterocycles. The summed E-state index contributed by atoms with van der Waals surface area (Å²) >= 11 is 3.55. The van der Waals surface area contributed by atoms with Gasteiger partial charge in [0, 0.05) is 17.1 Å². The van der Waals surface area contributed by atoms with Crippen molar-refractivity contribution >= 4 is 15.9 Å². The lowest BCUT2D eigenvalue weighted by Crippen LogP contribution is -2.43. The predicted molar refractivity (Wildman–Crippen MR) is 81.8 cm³/mol. The summed E-state index contributed by atoms with van der Waals surface area (Å²) in [5.41, 5.74) is 3.15. The highest BCUT2D eigenvalue weighted by Gasteiger charge is 2.31. The molecule has 1 N–H and O–H groups in total. The number of halogens is 1. The Balaban J connectivity index is 1.96. The number of hydrogen-bond acceptors (Lipinski definition) is 1. The summed E-state index contributed by atoms with van der Waals surface area (Å²) in [4.78, 5) is 0. The summed E-state index contributed by atoms with van der Waals surface area (Å²) in [7, 11) is 0. The molecule has 1 unspecified atom stereocenters. The van der Waals surface area contributed by atoms with E-state index in [4.69, 9.17) is 0 Å². The summed E-state index contributed by atoms with van der Waals surface area (Å²) in [5, 5.41) is 3.76. The van der Waals surface area contributed by atoms with E-state index in [0.29, 0.717) is 11.5 Å². The maximum atomic E-state index is 3.76. The zero-order valence-corrected chi connectivity index (χ0v) is 13.3. The lowest BCUT2D eigenvalue weighted by Gasteiger charge is -2.39. The largest absolute Gasteiger partial charge is 0.309 e. The van der Waals surface area contributed by atoms with Crippen molar-refractivity contribution in [2.24, 2.45) is 5.41 Å². The van der Waals surface area contributed by atoms with E-state index in [0.717, 1.165) is 6.54 Å². The highest BCUT2D eigenvalue weighted by Crippen LogP contribution is 2.35. The van der Waals surface area contributed by atoms with Crippen molar-refractivity contribution in [3.8, 4) is 0 Å². The fraction of sp³-hybridized carbons (Fsp3) is 0.625. The van der Waals surface area contributed by atoms with Crippen molar-refractivity contribution in [2.75, 3.05) is 0 Å². The monoisotopic (exact) mass is 309 g/mol. The fourth-order valence-electron chi connectivity index (χ4n) is 2.93. The van der Waals surface area contributed by atoms with Crippen LogP contribution in [-0.4, -0.2) is 6.04 Å². The van der Waals surface area contributed by atoms with E-state index < -0.39 is 0 Å². The van der Waals surface area contributed by atoms with Gasteiger partial charge in [-0.05, 0) is 42.4 Å². The second-order valence-electron chi connectivity index (χ2n) is 6.25. The van der Waals surface area contributed by atoms with E-state index in [1.54, 1.807) is 0 Å². The smallest absolute Gasteiger partial charge is 0.0208 e. The van der Waals surface area contributed by atoms with Crippen LogP contribution in [0.1, 0.15) is 50.7 Å². The summed E-state index contributed by atoms with van der Waals surface area (Å²) < 4.78 is 1.20. The third-order valence-electron chi connectivity index (χ3n) is 4.28. The van der Waals surface area contributed by atoms with E-state index >= 15 is 0 Å². The molecular weight excluding hydrogens is 286 g/mol. The first-order chi connectivity index (χ1) is 8.49. The Morgan fingerprint density at radius 2 is 2.11 bits per heavy atom. The van der Waals surface area contributed by atoms with Gasteiger partial charge in [-0.1, -0.05) is 54.8 Å². The van der Waals surface area contributed by atoms with Crippen molar-refractivity contribution < 1.29 is 0 Å². The number of nitrogens with one attached hydrogen (secondary N) is 1. The Labute approximate surface area is 119 Å². The van der Waals surface area contributed by atoms with Gasteiger partial charge in [0.15, 0.2) is 0 Å². The van der Waals surface area contributed by atoms with Gasteiger partial charge < -0.3 is 5.32 Å². The van der Waals surface area contributed by atoms with Crippen LogP contribution in [0.4, 0.5) is 0 Å². The molecule has 1 aliphatic rings. The van der Waals surface area contributed by atoms with E-state index in [1.165, 1.54) is 41.3 Å². The lowest BCUT2D eigenvalue weighted by molar-refractivity contribution is 0.167. The van der Waals surface area contributed by atoms with Crippen LogP contribution >= 0.6 is 15.9 Å². The van der Waals surface area contributed by atoms with Crippen LogP contribution in [-0.2, 0) is 6.54 Å². The molecule has 2 rings (SSSR count). The molecule has 2 heteroatoms. The molecule has 0 saturated heterocycles. The first-order valence-corrected chi connectivity index (χ1v) is 7.77. The zero-order valence-electron chi connectivity index (χ0n) is 11.7. The highest BCUT2D eigenvalue weighted by molar-refractivity contribution is 9.10. The molecule has 0 radical (unpaired) electrons. The summed E-state index contributed by atoms with van der Waals surface area (Å²) in [6.45, 7) is 7.94. The van der Waals surface area contributed by atoms with Gasteiger partial charge in [-0.2, -0.15) is 0 Å². The molecule has 1 nitrogen and oxygen atoms in total. The molecule has 0 amide bonds. The maximum absolute atomic E-state index is 3.76. The van der Waals surface area contributed by atoms with Gasteiger partial charge >= 0.3 is 0 Å². The molecule has 1 saturated carbocycles. The van der Waals surface area contributed by atoms with E-state index in [-0.39, 0.29) is 0 Å². The third-order valence-corrected chi connectivity index (χ3v) is 5.17. The highest BCUT2D eigenvalue weighted by atomic mass is 79.9. The number of benzene rings is 1. The van der Waals surface area contributed by atoms with Crippen molar-refractivity contribution in [1.29, 1.82) is 0 Å². The van der Waals surface area contributed by atoms with E-state index in [2.05, 4.69) is 60.2 Å². The average Bonchev–Trinajstić information content (AvgIpc) is 2.31. The first-order valence-electron chi connectivity index (χ1n) is 6.97. The Kier molecular flexibility index (Phi) is 4.50. The van der Waals surface area contributed by atoms with E-state index in [9.17, 15) is 0 Å². The van der Waals surface area contributed by atoms with Crippen LogP contribution in [0, 0.1) is 12.3 Å². The maximum Gasteiger partial charge on any atom is 0.0208 e. The van der Waals surface area contributed by atoms with Gasteiger partial charge in [-0.15, -0.1) is 0 Å². The van der Waals surface area contributed by atoms with Crippen molar-refractivity contribution in [3.05, 3.63) is 33.8 Å². The average molecular weight is 310 g/mol. The summed E-state index contributed by atoms with van der Waals surface area (Å²) in [6, 6.07) is 7.29. The molecular formula is C16H24BrN. The Morgan fingerprint density at radius 3 is 2.78 bits per heavy atom. The number of rotatable bonds is 3. The van der Waals surface area contributed by atoms with Crippen molar-refractivity contribution in [2.45, 2.75) is 59.0 Å². The van der Waals surface area contributed by atoms with Crippen LogP contribution in [0.25, 0.3) is 0 Å². The van der Waals surface area contributed by atoms with Gasteiger partial charge in [0.25, 0.3) is 0 Å². The van der Waals surface area contributed by atoms with Crippen molar-refractivity contribution in [1.82, 2.24) is 5.32 Å². The molecule has 1 aliphatic carbocycles. The Bertz CT molecular complexity index is 412. The molecule has 0 spiro atoms. The molecule has 100 valence electrons. The fourth-order valence-corrected chi connectivity index (χ4v) is 3.18. The predicted octanol–water partition coefficient (Wildman–Crippen LogP) is 4.82. The minimum Gasteiger partial charge on any atom is -0.309 e. The first kappa shape index (κ1) is 14.1. The quantitative estimate of drug-likeness (QED) is 0.844.